The Morgan fingerprint density at radius 1 is 1.05 bits per heavy atom. The molecular weight excluding hydrogens is 536 g/mol. The first kappa shape index (κ1) is 32.4. The quantitative estimate of drug-likeness (QED) is 0.391. The first-order chi connectivity index (χ1) is 20.1. The SMILES string of the molecule is CCN1CCOc2ccccc2C(=O)N[C@H](C(=O)NCCOc2ccc(C(C)C)cc2)CC(=O)N[C@H](CC(C)C)C1=O. The predicted octanol–water partition coefficient (Wildman–Crippen LogP) is 3.27. The molecule has 0 radical (unpaired) electrons. The third-order valence-corrected chi connectivity index (χ3v) is 7.01. The van der Waals surface area contributed by atoms with Crippen molar-refractivity contribution in [2.24, 2.45) is 5.92 Å². The topological polar surface area (TPSA) is 126 Å². The van der Waals surface area contributed by atoms with Crippen LogP contribution >= 0.6 is 0 Å². The van der Waals surface area contributed by atoms with Crippen LogP contribution in [0.2, 0.25) is 0 Å². The Balaban J connectivity index is 1.75. The second-order valence-corrected chi connectivity index (χ2v) is 11.1. The zero-order chi connectivity index (χ0) is 30.6. The van der Waals surface area contributed by atoms with Crippen LogP contribution in [0.5, 0.6) is 11.5 Å². The molecule has 4 amide bonds. The summed E-state index contributed by atoms with van der Waals surface area (Å²) in [6.45, 7) is 11.3. The largest absolute Gasteiger partial charge is 0.492 e. The summed E-state index contributed by atoms with van der Waals surface area (Å²) in [4.78, 5) is 54.7. The first-order valence-corrected chi connectivity index (χ1v) is 14.7. The van der Waals surface area contributed by atoms with Crippen molar-refractivity contribution in [3.8, 4) is 11.5 Å². The van der Waals surface area contributed by atoms with Crippen molar-refractivity contribution < 1.29 is 28.7 Å². The molecule has 0 aliphatic carbocycles. The molecule has 0 saturated carbocycles. The van der Waals surface area contributed by atoms with Crippen LogP contribution in [-0.4, -0.2) is 73.5 Å². The Kier molecular flexibility index (Phi) is 12.2. The minimum atomic E-state index is -1.18. The standard InChI is InChI=1S/C32H44N4O6/c1-6-36-16-18-42-28-10-8-7-9-25(28)30(38)35-26(20-29(37)34-27(32(36)40)19-21(2)3)31(39)33-15-17-41-24-13-11-23(12-14-24)22(4)5/h7-14,21-22,26-27H,6,15-20H2,1-5H3,(H,33,39)(H,34,37)(H,35,38)/t26-,27+/m0/s1. The molecule has 0 spiro atoms. The second-order valence-electron chi connectivity index (χ2n) is 11.1. The monoisotopic (exact) mass is 580 g/mol. The van der Waals surface area contributed by atoms with E-state index >= 15 is 0 Å². The molecule has 0 unspecified atom stereocenters. The lowest BCUT2D eigenvalue weighted by Crippen LogP contribution is -2.53. The summed E-state index contributed by atoms with van der Waals surface area (Å²) in [6, 6.07) is 12.5. The Labute approximate surface area is 248 Å². The Bertz CT molecular complexity index is 1210. The summed E-state index contributed by atoms with van der Waals surface area (Å²) in [5.74, 6) is -0.240. The van der Waals surface area contributed by atoms with E-state index < -0.39 is 29.8 Å². The average molecular weight is 581 g/mol. The van der Waals surface area contributed by atoms with Crippen LogP contribution in [0.3, 0.4) is 0 Å². The number of likely N-dealkylation sites (N-methyl/N-ethyl adjacent to an activating group) is 1. The van der Waals surface area contributed by atoms with Crippen LogP contribution in [0.15, 0.2) is 48.5 Å². The fraction of sp³-hybridized carbons (Fsp3) is 0.500. The van der Waals surface area contributed by atoms with Gasteiger partial charge in [-0.3, -0.25) is 19.2 Å². The molecule has 3 rings (SSSR count). The summed E-state index contributed by atoms with van der Waals surface area (Å²) >= 11 is 0. The molecule has 0 bridgehead atoms. The highest BCUT2D eigenvalue weighted by atomic mass is 16.5. The Morgan fingerprint density at radius 2 is 1.76 bits per heavy atom. The summed E-state index contributed by atoms with van der Waals surface area (Å²) in [7, 11) is 0. The molecule has 2 atom stereocenters. The number of carbonyl (C=O) groups is 4. The van der Waals surface area contributed by atoms with Crippen LogP contribution in [0.4, 0.5) is 0 Å². The van der Waals surface area contributed by atoms with Gasteiger partial charge in [-0.1, -0.05) is 52.0 Å². The second kappa shape index (κ2) is 15.8. The highest BCUT2D eigenvalue weighted by Crippen LogP contribution is 2.20. The highest BCUT2D eigenvalue weighted by Gasteiger charge is 2.30. The van der Waals surface area contributed by atoms with Crippen LogP contribution < -0.4 is 25.4 Å². The zero-order valence-corrected chi connectivity index (χ0v) is 25.3. The third kappa shape index (κ3) is 9.49. The number of benzene rings is 2. The van der Waals surface area contributed by atoms with Crippen LogP contribution in [0.1, 0.15) is 69.3 Å². The van der Waals surface area contributed by atoms with E-state index in [-0.39, 0.29) is 43.6 Å². The maximum Gasteiger partial charge on any atom is 0.255 e. The van der Waals surface area contributed by atoms with Crippen molar-refractivity contribution in [1.29, 1.82) is 0 Å². The number of fused-ring (bicyclic) bond motifs is 1. The maximum absolute atomic E-state index is 13.4. The molecule has 1 heterocycles. The number of nitrogens with zero attached hydrogens (tertiary/aromatic N) is 1. The number of para-hydroxylation sites is 1. The molecule has 1 aliphatic heterocycles. The Hall–Kier alpha value is -4.08. The number of rotatable bonds is 9. The fourth-order valence-electron chi connectivity index (χ4n) is 4.68. The van der Waals surface area contributed by atoms with Crippen LogP contribution in [0, 0.1) is 5.92 Å². The number of amides is 4. The molecule has 10 nitrogen and oxygen atoms in total. The van der Waals surface area contributed by atoms with Gasteiger partial charge in [-0.15, -0.1) is 0 Å². The lowest BCUT2D eigenvalue weighted by molar-refractivity contribution is -0.137. The summed E-state index contributed by atoms with van der Waals surface area (Å²) in [6.07, 6.45) is 0.0928. The molecule has 228 valence electrons. The van der Waals surface area contributed by atoms with Gasteiger partial charge in [0, 0.05) is 6.54 Å². The Morgan fingerprint density at radius 3 is 2.43 bits per heavy atom. The number of hydrogen-bond acceptors (Lipinski definition) is 6. The van der Waals surface area contributed by atoms with E-state index in [1.165, 1.54) is 5.56 Å². The molecular formula is C32H44N4O6. The van der Waals surface area contributed by atoms with Gasteiger partial charge in [0.05, 0.1) is 25.1 Å². The van der Waals surface area contributed by atoms with Gasteiger partial charge in [-0.2, -0.15) is 0 Å². The minimum Gasteiger partial charge on any atom is -0.492 e. The molecule has 3 N–H and O–H groups in total. The van der Waals surface area contributed by atoms with Gasteiger partial charge in [-0.05, 0) is 55.0 Å². The van der Waals surface area contributed by atoms with Crippen LogP contribution in [-0.2, 0) is 14.4 Å². The van der Waals surface area contributed by atoms with Gasteiger partial charge in [0.25, 0.3) is 5.91 Å². The van der Waals surface area contributed by atoms with E-state index in [0.717, 1.165) is 0 Å². The highest BCUT2D eigenvalue weighted by molar-refractivity contribution is 6.01. The smallest absolute Gasteiger partial charge is 0.255 e. The average Bonchev–Trinajstić information content (AvgIpc) is 2.96. The maximum atomic E-state index is 13.4. The van der Waals surface area contributed by atoms with Crippen molar-refractivity contribution in [3.05, 3.63) is 59.7 Å². The van der Waals surface area contributed by atoms with E-state index in [4.69, 9.17) is 9.47 Å². The normalized spacial score (nSPS) is 18.5. The predicted molar refractivity (Wildman–Crippen MR) is 160 cm³/mol. The number of carbonyl (C=O) groups excluding carboxylic acids is 4. The lowest BCUT2D eigenvalue weighted by atomic mass is 10.0. The van der Waals surface area contributed by atoms with Crippen molar-refractivity contribution in [2.45, 2.75) is 65.5 Å². The summed E-state index contributed by atoms with van der Waals surface area (Å²) in [5, 5.41) is 8.26. The van der Waals surface area contributed by atoms with Gasteiger partial charge in [0.15, 0.2) is 0 Å². The zero-order valence-electron chi connectivity index (χ0n) is 25.3. The van der Waals surface area contributed by atoms with Crippen LogP contribution in [0.25, 0.3) is 0 Å². The van der Waals surface area contributed by atoms with E-state index in [1.807, 2.05) is 45.0 Å². The van der Waals surface area contributed by atoms with Gasteiger partial charge in [-0.25, -0.2) is 0 Å². The summed E-state index contributed by atoms with van der Waals surface area (Å²) in [5.41, 5.74) is 1.43. The molecule has 0 saturated heterocycles. The van der Waals surface area contributed by atoms with Crippen molar-refractivity contribution in [3.63, 3.8) is 0 Å². The molecule has 42 heavy (non-hydrogen) atoms. The van der Waals surface area contributed by atoms with Crippen molar-refractivity contribution in [2.75, 3.05) is 32.8 Å². The first-order valence-electron chi connectivity index (χ1n) is 14.7. The van der Waals surface area contributed by atoms with Gasteiger partial charge >= 0.3 is 0 Å². The van der Waals surface area contributed by atoms with Gasteiger partial charge < -0.3 is 30.3 Å². The fourth-order valence-corrected chi connectivity index (χ4v) is 4.68. The number of hydrogen-bond donors (Lipinski definition) is 3. The third-order valence-electron chi connectivity index (χ3n) is 7.01. The lowest BCUT2D eigenvalue weighted by Gasteiger charge is -2.29. The number of ether oxygens (including phenoxy) is 2. The molecule has 2 aromatic rings. The molecule has 10 heteroatoms. The summed E-state index contributed by atoms with van der Waals surface area (Å²) < 4.78 is 11.6. The van der Waals surface area contributed by atoms with E-state index in [2.05, 4.69) is 29.8 Å². The molecule has 1 aliphatic rings. The molecule has 0 aromatic heterocycles. The van der Waals surface area contributed by atoms with Crippen molar-refractivity contribution in [1.82, 2.24) is 20.9 Å². The van der Waals surface area contributed by atoms with E-state index in [1.54, 1.807) is 29.2 Å². The van der Waals surface area contributed by atoms with Gasteiger partial charge in [0.2, 0.25) is 17.7 Å². The minimum absolute atomic E-state index is 0.139. The molecule has 0 fully saturated rings. The molecule has 2 aromatic carbocycles. The van der Waals surface area contributed by atoms with E-state index in [9.17, 15) is 19.2 Å². The van der Waals surface area contributed by atoms with Gasteiger partial charge in [0.1, 0.15) is 36.8 Å². The number of nitrogens with one attached hydrogen (secondary N) is 3. The van der Waals surface area contributed by atoms with E-state index in [0.29, 0.717) is 36.9 Å². The van der Waals surface area contributed by atoms with Crippen molar-refractivity contribution >= 4 is 23.6 Å².